The second-order valence-corrected chi connectivity index (χ2v) is 4.99. The number of aryl methyl sites for hydroxylation is 1. The Balaban J connectivity index is 2.99. The molecule has 1 aromatic carbocycles. The molecule has 1 aromatic rings. The van der Waals surface area contributed by atoms with Gasteiger partial charge in [0.15, 0.2) is 0 Å². The van der Waals surface area contributed by atoms with E-state index in [9.17, 15) is 4.79 Å². The highest BCUT2D eigenvalue weighted by Crippen LogP contribution is 2.23. The summed E-state index contributed by atoms with van der Waals surface area (Å²) in [5.74, 6) is -0.246. The molecule has 0 saturated carbocycles. The summed E-state index contributed by atoms with van der Waals surface area (Å²) in [6.45, 7) is 6.90. The second-order valence-electron chi connectivity index (χ2n) is 4.99. The number of hydrogen-bond acceptors (Lipinski definition) is 3. The quantitative estimate of drug-likeness (QED) is 0.768. The van der Waals surface area contributed by atoms with Crippen molar-refractivity contribution in [2.75, 3.05) is 13.7 Å². The van der Waals surface area contributed by atoms with Crippen LogP contribution in [0.25, 0.3) is 0 Å². The molecule has 1 N–H and O–H groups in total. The van der Waals surface area contributed by atoms with Crippen LogP contribution in [-0.4, -0.2) is 19.6 Å². The zero-order chi connectivity index (χ0) is 14.3. The zero-order valence-corrected chi connectivity index (χ0v) is 12.5. The van der Waals surface area contributed by atoms with Gasteiger partial charge in [0.25, 0.3) is 0 Å². The van der Waals surface area contributed by atoms with E-state index in [-0.39, 0.29) is 5.97 Å². The van der Waals surface area contributed by atoms with Crippen LogP contribution in [0.15, 0.2) is 24.3 Å². The van der Waals surface area contributed by atoms with Crippen molar-refractivity contribution < 1.29 is 9.53 Å². The minimum absolute atomic E-state index is 0.246. The molecule has 0 aliphatic rings. The smallest absolute Gasteiger partial charge is 0.330 e. The molecular weight excluding hydrogens is 238 g/mol. The molecule has 1 unspecified atom stereocenters. The van der Waals surface area contributed by atoms with Crippen LogP contribution >= 0.6 is 0 Å². The van der Waals surface area contributed by atoms with E-state index in [1.54, 1.807) is 0 Å². The number of nitrogens with one attached hydrogen (secondary N) is 1. The van der Waals surface area contributed by atoms with Crippen molar-refractivity contribution in [3.05, 3.63) is 35.4 Å². The van der Waals surface area contributed by atoms with E-state index < -0.39 is 5.54 Å². The van der Waals surface area contributed by atoms with Gasteiger partial charge in [-0.05, 0) is 37.4 Å². The molecule has 0 fully saturated rings. The third-order valence-corrected chi connectivity index (χ3v) is 3.39. The van der Waals surface area contributed by atoms with Crippen LogP contribution in [0.5, 0.6) is 0 Å². The second kappa shape index (κ2) is 7.29. The Kier molecular flexibility index (Phi) is 6.03. The zero-order valence-electron chi connectivity index (χ0n) is 12.5. The van der Waals surface area contributed by atoms with E-state index in [2.05, 4.69) is 31.3 Å². The number of ether oxygens (including phenoxy) is 1. The molecule has 0 spiro atoms. The van der Waals surface area contributed by atoms with E-state index in [4.69, 9.17) is 4.74 Å². The highest BCUT2D eigenvalue weighted by molar-refractivity contribution is 5.82. The van der Waals surface area contributed by atoms with Crippen molar-refractivity contribution in [3.63, 3.8) is 0 Å². The first-order valence-corrected chi connectivity index (χ1v) is 7.01. The maximum atomic E-state index is 12.1. The maximum absolute atomic E-state index is 12.1. The molecule has 19 heavy (non-hydrogen) atoms. The normalized spacial score (nSPS) is 13.9. The fourth-order valence-corrected chi connectivity index (χ4v) is 2.16. The molecular formula is C16H25NO2. The van der Waals surface area contributed by atoms with Gasteiger partial charge in [-0.2, -0.15) is 0 Å². The van der Waals surface area contributed by atoms with Gasteiger partial charge in [0, 0.05) is 0 Å². The number of rotatable bonds is 7. The maximum Gasteiger partial charge on any atom is 0.330 e. The lowest BCUT2D eigenvalue weighted by molar-refractivity contribution is -0.148. The van der Waals surface area contributed by atoms with Crippen molar-refractivity contribution >= 4 is 5.97 Å². The van der Waals surface area contributed by atoms with Gasteiger partial charge in [-0.15, -0.1) is 0 Å². The van der Waals surface area contributed by atoms with Crippen LogP contribution < -0.4 is 5.32 Å². The number of esters is 1. The van der Waals surface area contributed by atoms with Crippen molar-refractivity contribution in [2.24, 2.45) is 0 Å². The monoisotopic (exact) mass is 263 g/mol. The number of carbonyl (C=O) groups excluding carboxylic acids is 1. The van der Waals surface area contributed by atoms with Crippen molar-refractivity contribution in [1.29, 1.82) is 0 Å². The fraction of sp³-hybridized carbons (Fsp3) is 0.562. The van der Waals surface area contributed by atoms with Gasteiger partial charge in [-0.3, -0.25) is 5.32 Å². The molecule has 106 valence electrons. The summed E-state index contributed by atoms with van der Waals surface area (Å²) in [5, 5.41) is 3.29. The van der Waals surface area contributed by atoms with E-state index in [1.807, 2.05) is 19.1 Å². The third-order valence-electron chi connectivity index (χ3n) is 3.39. The van der Waals surface area contributed by atoms with E-state index in [0.717, 1.165) is 31.4 Å². The minimum atomic E-state index is -0.768. The number of benzene rings is 1. The Labute approximate surface area is 116 Å². The summed E-state index contributed by atoms with van der Waals surface area (Å²) in [6.07, 6.45) is 3.17. The molecule has 0 saturated heterocycles. The summed E-state index contributed by atoms with van der Waals surface area (Å²) >= 11 is 0. The van der Waals surface area contributed by atoms with Gasteiger partial charge in [0.2, 0.25) is 0 Å². The molecule has 1 atom stereocenters. The van der Waals surface area contributed by atoms with Gasteiger partial charge in [-0.25, -0.2) is 4.79 Å². The van der Waals surface area contributed by atoms with Crippen molar-refractivity contribution in [2.45, 2.75) is 45.6 Å². The minimum Gasteiger partial charge on any atom is -0.467 e. The molecule has 0 heterocycles. The van der Waals surface area contributed by atoms with Crippen LogP contribution in [0.2, 0.25) is 0 Å². The Morgan fingerprint density at radius 3 is 2.32 bits per heavy atom. The first-order valence-electron chi connectivity index (χ1n) is 7.01. The number of hydrogen-bond donors (Lipinski definition) is 1. The highest BCUT2D eigenvalue weighted by Gasteiger charge is 2.35. The van der Waals surface area contributed by atoms with Gasteiger partial charge < -0.3 is 4.74 Å². The van der Waals surface area contributed by atoms with Crippen LogP contribution in [0, 0.1) is 0 Å². The molecule has 3 heteroatoms. The lowest BCUT2D eigenvalue weighted by Gasteiger charge is -2.28. The average molecular weight is 263 g/mol. The Morgan fingerprint density at radius 2 is 1.84 bits per heavy atom. The average Bonchev–Trinajstić information content (AvgIpc) is 2.45. The first-order chi connectivity index (χ1) is 9.08. The van der Waals surface area contributed by atoms with Crippen molar-refractivity contribution in [1.82, 2.24) is 5.32 Å². The summed E-state index contributed by atoms with van der Waals surface area (Å²) < 4.78 is 4.94. The molecule has 1 rings (SSSR count). The predicted octanol–water partition coefficient (Wildman–Crippen LogP) is 3.03. The summed E-state index contributed by atoms with van der Waals surface area (Å²) in [5.41, 5.74) is 1.48. The SMILES string of the molecule is CCCNC(C)(C(=O)OC)c1ccc(CCC)cc1. The Hall–Kier alpha value is -1.35. The Morgan fingerprint density at radius 1 is 1.21 bits per heavy atom. The molecule has 0 radical (unpaired) electrons. The number of methoxy groups -OCH3 is 1. The van der Waals surface area contributed by atoms with Gasteiger partial charge in [-0.1, -0.05) is 44.5 Å². The molecule has 0 bridgehead atoms. The summed E-state index contributed by atoms with van der Waals surface area (Å²) in [6, 6.07) is 8.22. The predicted molar refractivity (Wildman–Crippen MR) is 78.1 cm³/mol. The fourth-order valence-electron chi connectivity index (χ4n) is 2.16. The van der Waals surface area contributed by atoms with E-state index in [1.165, 1.54) is 12.7 Å². The van der Waals surface area contributed by atoms with E-state index in [0.29, 0.717) is 0 Å². The molecule has 0 aromatic heterocycles. The Bertz CT molecular complexity index is 400. The van der Waals surface area contributed by atoms with Gasteiger partial charge in [0.05, 0.1) is 7.11 Å². The molecule has 0 aliphatic heterocycles. The highest BCUT2D eigenvalue weighted by atomic mass is 16.5. The van der Waals surface area contributed by atoms with Crippen LogP contribution in [-0.2, 0) is 21.5 Å². The van der Waals surface area contributed by atoms with Gasteiger partial charge in [0.1, 0.15) is 5.54 Å². The molecule has 0 aliphatic carbocycles. The lowest BCUT2D eigenvalue weighted by Crippen LogP contribution is -2.47. The number of carbonyl (C=O) groups is 1. The summed E-state index contributed by atoms with van der Waals surface area (Å²) in [7, 11) is 1.43. The topological polar surface area (TPSA) is 38.3 Å². The largest absolute Gasteiger partial charge is 0.467 e. The van der Waals surface area contributed by atoms with Gasteiger partial charge >= 0.3 is 5.97 Å². The molecule has 0 amide bonds. The lowest BCUT2D eigenvalue weighted by atomic mass is 9.90. The third kappa shape index (κ3) is 3.80. The van der Waals surface area contributed by atoms with Crippen LogP contribution in [0.4, 0.5) is 0 Å². The standard InChI is InChI=1S/C16H25NO2/c1-5-7-13-8-10-14(11-9-13)16(3,15(18)19-4)17-12-6-2/h8-11,17H,5-7,12H2,1-4H3. The molecule has 3 nitrogen and oxygen atoms in total. The van der Waals surface area contributed by atoms with Crippen molar-refractivity contribution in [3.8, 4) is 0 Å². The first kappa shape index (κ1) is 15.7. The summed E-state index contributed by atoms with van der Waals surface area (Å²) in [4.78, 5) is 12.1. The van der Waals surface area contributed by atoms with Crippen LogP contribution in [0.1, 0.15) is 44.7 Å². The van der Waals surface area contributed by atoms with E-state index >= 15 is 0 Å². The van der Waals surface area contributed by atoms with Crippen LogP contribution in [0.3, 0.4) is 0 Å².